The molecule has 120 valence electrons. The molecule has 1 rings (SSSR count). The lowest BCUT2D eigenvalue weighted by molar-refractivity contribution is -0.274. The van der Waals surface area contributed by atoms with Gasteiger partial charge >= 0.3 is 0 Å². The molecule has 0 aromatic heterocycles. The lowest BCUT2D eigenvalue weighted by Gasteiger charge is -2.40. The average Bonchev–Trinajstić information content (AvgIpc) is 2.25. The molecule has 20 heavy (non-hydrogen) atoms. The van der Waals surface area contributed by atoms with E-state index >= 15 is 0 Å². The summed E-state index contributed by atoms with van der Waals surface area (Å²) in [5.74, 6) is 0. The van der Waals surface area contributed by atoms with Crippen molar-refractivity contribution in [3.63, 3.8) is 0 Å². The van der Waals surface area contributed by atoms with Crippen LogP contribution in [0.4, 0.5) is 0 Å². The van der Waals surface area contributed by atoms with Crippen LogP contribution in [-0.4, -0.2) is 82.0 Å². The van der Waals surface area contributed by atoms with Crippen LogP contribution >= 0.6 is 0 Å². The predicted molar refractivity (Wildman–Crippen MR) is 63.4 cm³/mol. The summed E-state index contributed by atoms with van der Waals surface area (Å²) in [6.45, 7) is -0.743. The lowest BCUT2D eigenvalue weighted by Crippen LogP contribution is -2.61. The SMILES string of the molecule is CS(=O)(=O)O[C@@H]1[C@@H](OS(C)(=O)=O)[C@H](O)[C@@H](CO)O[C@@H]1O. The second-order valence-electron chi connectivity index (χ2n) is 4.27. The van der Waals surface area contributed by atoms with Crippen LogP contribution in [0, 0.1) is 0 Å². The molecule has 0 aliphatic carbocycles. The van der Waals surface area contributed by atoms with Gasteiger partial charge in [0, 0.05) is 0 Å². The van der Waals surface area contributed by atoms with Gasteiger partial charge in [-0.1, -0.05) is 0 Å². The van der Waals surface area contributed by atoms with E-state index in [1.165, 1.54) is 0 Å². The highest BCUT2D eigenvalue weighted by atomic mass is 32.2. The molecule has 0 amide bonds. The van der Waals surface area contributed by atoms with Gasteiger partial charge < -0.3 is 20.1 Å². The van der Waals surface area contributed by atoms with Crippen molar-refractivity contribution in [1.82, 2.24) is 0 Å². The van der Waals surface area contributed by atoms with Crippen molar-refractivity contribution < 1.29 is 45.3 Å². The minimum absolute atomic E-state index is 0.668. The van der Waals surface area contributed by atoms with Crippen LogP contribution in [0.1, 0.15) is 0 Å². The molecule has 12 heteroatoms. The minimum Gasteiger partial charge on any atom is -0.394 e. The summed E-state index contributed by atoms with van der Waals surface area (Å²) < 4.78 is 58.2. The summed E-state index contributed by atoms with van der Waals surface area (Å²) in [6, 6.07) is 0. The Hall–Kier alpha value is -0.340. The second kappa shape index (κ2) is 6.19. The van der Waals surface area contributed by atoms with Crippen molar-refractivity contribution in [2.75, 3.05) is 19.1 Å². The third kappa shape index (κ3) is 4.89. The number of aliphatic hydroxyl groups is 3. The van der Waals surface area contributed by atoms with Crippen LogP contribution in [0.3, 0.4) is 0 Å². The van der Waals surface area contributed by atoms with Crippen molar-refractivity contribution in [3.8, 4) is 0 Å². The molecule has 1 aliphatic rings. The summed E-state index contributed by atoms with van der Waals surface area (Å²) in [5.41, 5.74) is 0. The number of ether oxygens (including phenoxy) is 1. The third-order valence-corrected chi connectivity index (χ3v) is 3.53. The van der Waals surface area contributed by atoms with E-state index in [4.69, 9.17) is 9.84 Å². The fourth-order valence-electron chi connectivity index (χ4n) is 1.67. The first-order valence-corrected chi connectivity index (χ1v) is 8.97. The monoisotopic (exact) mass is 336 g/mol. The van der Waals surface area contributed by atoms with E-state index < -0.39 is 57.5 Å². The molecule has 0 saturated carbocycles. The van der Waals surface area contributed by atoms with Crippen LogP contribution in [0.15, 0.2) is 0 Å². The first kappa shape index (κ1) is 17.7. The smallest absolute Gasteiger partial charge is 0.264 e. The van der Waals surface area contributed by atoms with Gasteiger partial charge in [-0.3, -0.25) is 8.37 Å². The molecule has 0 aromatic carbocycles. The Labute approximate surface area is 116 Å². The second-order valence-corrected chi connectivity index (χ2v) is 7.47. The highest BCUT2D eigenvalue weighted by molar-refractivity contribution is 7.86. The van der Waals surface area contributed by atoms with Gasteiger partial charge in [-0.25, -0.2) is 0 Å². The van der Waals surface area contributed by atoms with E-state index in [9.17, 15) is 27.0 Å². The van der Waals surface area contributed by atoms with Gasteiger partial charge in [0.15, 0.2) is 12.4 Å². The molecular formula is C8H16O10S2. The molecule has 0 unspecified atom stereocenters. The lowest BCUT2D eigenvalue weighted by atomic mass is 9.99. The third-order valence-electron chi connectivity index (χ3n) is 2.39. The summed E-state index contributed by atoms with van der Waals surface area (Å²) in [5, 5.41) is 28.4. The van der Waals surface area contributed by atoms with Gasteiger partial charge in [-0.15, -0.1) is 0 Å². The Kier molecular flexibility index (Phi) is 5.48. The molecule has 1 saturated heterocycles. The Morgan fingerprint density at radius 3 is 1.85 bits per heavy atom. The van der Waals surface area contributed by atoms with E-state index in [-0.39, 0.29) is 0 Å². The fraction of sp³-hybridized carbons (Fsp3) is 1.00. The van der Waals surface area contributed by atoms with E-state index in [1.54, 1.807) is 0 Å². The highest BCUT2D eigenvalue weighted by Gasteiger charge is 2.49. The highest BCUT2D eigenvalue weighted by Crippen LogP contribution is 2.26. The molecule has 0 spiro atoms. The normalized spacial score (nSPS) is 36.0. The maximum Gasteiger partial charge on any atom is 0.264 e. The largest absolute Gasteiger partial charge is 0.394 e. The van der Waals surface area contributed by atoms with Crippen molar-refractivity contribution in [2.24, 2.45) is 0 Å². The molecule has 1 fully saturated rings. The van der Waals surface area contributed by atoms with Crippen LogP contribution in [0.2, 0.25) is 0 Å². The summed E-state index contributed by atoms with van der Waals surface area (Å²) in [6.07, 6.45) is -7.18. The van der Waals surface area contributed by atoms with E-state index in [0.29, 0.717) is 12.5 Å². The van der Waals surface area contributed by atoms with Crippen molar-refractivity contribution in [3.05, 3.63) is 0 Å². The van der Waals surface area contributed by atoms with Crippen LogP contribution < -0.4 is 0 Å². The molecule has 3 N–H and O–H groups in total. The molecule has 5 atom stereocenters. The van der Waals surface area contributed by atoms with Crippen LogP contribution in [0.25, 0.3) is 0 Å². The topological polar surface area (TPSA) is 157 Å². The molecule has 1 heterocycles. The van der Waals surface area contributed by atoms with Crippen molar-refractivity contribution in [2.45, 2.75) is 30.7 Å². The quantitative estimate of drug-likeness (QED) is 0.435. The standard InChI is InChI=1S/C8H16O10S2/c1-19(12,13)17-6-5(10)4(3-9)16-8(11)7(6)18-20(2,14)15/h4-11H,3H2,1-2H3/t4-,5-,6+,7-,8+/m1/s1. The zero-order valence-corrected chi connectivity index (χ0v) is 12.2. The van der Waals surface area contributed by atoms with Crippen LogP contribution in [-0.2, 0) is 33.3 Å². The average molecular weight is 336 g/mol. The van der Waals surface area contributed by atoms with E-state index in [0.717, 1.165) is 0 Å². The predicted octanol–water partition coefficient (Wildman–Crippen LogP) is -3.25. The maximum atomic E-state index is 11.1. The minimum atomic E-state index is -4.08. The molecular weight excluding hydrogens is 320 g/mol. The Morgan fingerprint density at radius 1 is 1.00 bits per heavy atom. The Morgan fingerprint density at radius 2 is 1.45 bits per heavy atom. The molecule has 0 radical (unpaired) electrons. The van der Waals surface area contributed by atoms with E-state index in [2.05, 4.69) is 8.37 Å². The number of rotatable bonds is 5. The van der Waals surface area contributed by atoms with Gasteiger partial charge in [0.05, 0.1) is 19.1 Å². The number of hydrogen-bond acceptors (Lipinski definition) is 10. The first-order valence-electron chi connectivity index (χ1n) is 5.33. The first-order chi connectivity index (χ1) is 8.94. The van der Waals surface area contributed by atoms with Crippen LogP contribution in [0.5, 0.6) is 0 Å². The number of hydrogen-bond donors (Lipinski definition) is 3. The zero-order valence-electron chi connectivity index (χ0n) is 10.6. The van der Waals surface area contributed by atoms with Gasteiger partial charge in [-0.2, -0.15) is 16.8 Å². The van der Waals surface area contributed by atoms with Gasteiger partial charge in [0.1, 0.15) is 18.3 Å². The van der Waals surface area contributed by atoms with Gasteiger partial charge in [-0.05, 0) is 0 Å². The van der Waals surface area contributed by atoms with Crippen molar-refractivity contribution in [1.29, 1.82) is 0 Å². The zero-order chi connectivity index (χ0) is 15.7. The van der Waals surface area contributed by atoms with Gasteiger partial charge in [0.25, 0.3) is 20.2 Å². The van der Waals surface area contributed by atoms with Gasteiger partial charge in [0.2, 0.25) is 0 Å². The van der Waals surface area contributed by atoms with E-state index in [1.807, 2.05) is 0 Å². The molecule has 0 aromatic rings. The summed E-state index contributed by atoms with van der Waals surface area (Å²) >= 11 is 0. The molecule has 10 nitrogen and oxygen atoms in total. The Balaban J connectivity index is 3.09. The fourth-order valence-corrected chi connectivity index (χ4v) is 2.91. The molecule has 0 bridgehead atoms. The number of aliphatic hydroxyl groups excluding tert-OH is 3. The summed E-state index contributed by atoms with van der Waals surface area (Å²) in [4.78, 5) is 0. The maximum absolute atomic E-state index is 11.1. The Bertz CT molecular complexity index is 525. The van der Waals surface area contributed by atoms with Crippen molar-refractivity contribution >= 4 is 20.2 Å². The summed E-state index contributed by atoms with van der Waals surface area (Å²) in [7, 11) is -8.16. The molecule has 1 aliphatic heterocycles.